The minimum atomic E-state index is -1.25. The molecule has 3 rings (SSSR count). The van der Waals surface area contributed by atoms with Crippen molar-refractivity contribution in [3.8, 4) is 17.3 Å². The van der Waals surface area contributed by atoms with Crippen molar-refractivity contribution >= 4 is 29.1 Å². The summed E-state index contributed by atoms with van der Waals surface area (Å²) in [5.41, 5.74) is 0.951. The molecule has 31 heavy (non-hydrogen) atoms. The first kappa shape index (κ1) is 22.8. The molecule has 3 aromatic rings. The van der Waals surface area contributed by atoms with Gasteiger partial charge in [0.25, 0.3) is 5.91 Å². The number of nitrogens with zero attached hydrogens (tertiary/aromatic N) is 5. The molecule has 0 aliphatic rings. The average Bonchev–Trinajstić information content (AvgIpc) is 3.44. The maximum atomic E-state index is 13.0. The van der Waals surface area contributed by atoms with Crippen LogP contribution in [0.25, 0.3) is 11.3 Å². The molecule has 2 aromatic heterocycles. The van der Waals surface area contributed by atoms with Crippen molar-refractivity contribution in [1.82, 2.24) is 24.6 Å². The summed E-state index contributed by atoms with van der Waals surface area (Å²) in [6.45, 7) is 3.90. The fraction of sp³-hybridized carbons (Fsp3) is 0.333. The number of alkyl halides is 1. The predicted molar refractivity (Wildman–Crippen MR) is 118 cm³/mol. The lowest BCUT2D eigenvalue weighted by molar-refractivity contribution is 0.0196. The van der Waals surface area contributed by atoms with E-state index < -0.39 is 5.60 Å². The summed E-state index contributed by atoms with van der Waals surface area (Å²) in [7, 11) is 0. The highest BCUT2D eigenvalue weighted by atomic mass is 35.5. The Kier molecular flexibility index (Phi) is 7.01. The monoisotopic (exact) mass is 460 g/mol. The van der Waals surface area contributed by atoms with E-state index >= 15 is 0 Å². The zero-order valence-electron chi connectivity index (χ0n) is 17.1. The Bertz CT molecular complexity index is 1090. The van der Waals surface area contributed by atoms with Crippen LogP contribution >= 0.6 is 23.2 Å². The number of benzene rings is 1. The Morgan fingerprint density at radius 3 is 2.84 bits per heavy atom. The molecule has 2 heterocycles. The van der Waals surface area contributed by atoms with E-state index in [4.69, 9.17) is 28.5 Å². The Balaban J connectivity index is 1.80. The van der Waals surface area contributed by atoms with Crippen molar-refractivity contribution in [1.29, 1.82) is 5.26 Å². The molecule has 0 aliphatic carbocycles. The quantitative estimate of drug-likeness (QED) is 0.500. The summed E-state index contributed by atoms with van der Waals surface area (Å²) < 4.78 is 1.72. The fourth-order valence-corrected chi connectivity index (χ4v) is 3.42. The third-order valence-corrected chi connectivity index (χ3v) is 5.69. The van der Waals surface area contributed by atoms with Crippen LogP contribution in [0, 0.1) is 11.3 Å². The van der Waals surface area contributed by atoms with Gasteiger partial charge < -0.3 is 15.0 Å². The molecule has 0 radical (unpaired) electrons. The summed E-state index contributed by atoms with van der Waals surface area (Å²) in [4.78, 5) is 21.2. The summed E-state index contributed by atoms with van der Waals surface area (Å²) in [5.74, 6) is -0.306. The topological polar surface area (TPSA) is 111 Å². The molecule has 0 bridgehead atoms. The van der Waals surface area contributed by atoms with Gasteiger partial charge in [-0.15, -0.1) is 11.6 Å². The number of nitrogens with one attached hydrogen (secondary N) is 1. The van der Waals surface area contributed by atoms with Crippen LogP contribution in [0.3, 0.4) is 0 Å². The first-order valence-electron chi connectivity index (χ1n) is 9.55. The number of H-pyrrole nitrogens is 1. The number of carbonyl (C=O) groups excluding carboxylic acids is 1. The summed E-state index contributed by atoms with van der Waals surface area (Å²) in [5, 5.41) is 24.4. The molecular formula is C21H22Cl2N6O2. The van der Waals surface area contributed by atoms with Crippen molar-refractivity contribution in [3.63, 3.8) is 0 Å². The third-order valence-electron chi connectivity index (χ3n) is 4.80. The second-order valence-corrected chi connectivity index (χ2v) is 8.28. The highest BCUT2D eigenvalue weighted by Crippen LogP contribution is 2.24. The van der Waals surface area contributed by atoms with E-state index in [1.54, 1.807) is 40.9 Å². The normalized spacial score (nSPS) is 13.9. The van der Waals surface area contributed by atoms with Crippen LogP contribution in [0.15, 0.2) is 43.0 Å². The Morgan fingerprint density at radius 2 is 2.23 bits per heavy atom. The molecular weight excluding hydrogens is 439 g/mol. The average molecular weight is 461 g/mol. The minimum absolute atomic E-state index is 0.0160. The van der Waals surface area contributed by atoms with Crippen LogP contribution in [-0.4, -0.2) is 59.7 Å². The van der Waals surface area contributed by atoms with Crippen LogP contribution in [0.2, 0.25) is 5.02 Å². The molecule has 0 fully saturated rings. The smallest absolute Gasteiger partial charge is 0.272 e. The molecule has 2 atom stereocenters. The van der Waals surface area contributed by atoms with Crippen molar-refractivity contribution in [2.75, 3.05) is 12.4 Å². The zero-order valence-corrected chi connectivity index (χ0v) is 18.6. The highest BCUT2D eigenvalue weighted by molar-refractivity contribution is 6.32. The maximum Gasteiger partial charge on any atom is 0.272 e. The summed E-state index contributed by atoms with van der Waals surface area (Å²) >= 11 is 12.0. The number of rotatable bonds is 8. The molecule has 162 valence electrons. The van der Waals surface area contributed by atoms with Crippen molar-refractivity contribution < 1.29 is 9.90 Å². The predicted octanol–water partition coefficient (Wildman–Crippen LogP) is 3.32. The standard InChI is InChI=1S/C21H22Cl2N6O2/c1-14(29(12-21(2,31)11-22)20(30)19-9-25-13-26-19)10-28-6-5-18(27-28)15-3-4-16(8-24)17(23)7-15/h3-7,9,13-14,31H,10-12H2,1-2H3,(H,25,26)/t14?,21-/m1/s1. The minimum Gasteiger partial charge on any atom is -0.387 e. The van der Waals surface area contributed by atoms with E-state index in [0.29, 0.717) is 28.5 Å². The lowest BCUT2D eigenvalue weighted by Gasteiger charge is -2.34. The number of carbonyl (C=O) groups is 1. The molecule has 2 N–H and O–H groups in total. The van der Waals surface area contributed by atoms with Gasteiger partial charge in [-0.2, -0.15) is 10.4 Å². The van der Waals surface area contributed by atoms with E-state index in [0.717, 1.165) is 5.56 Å². The first-order chi connectivity index (χ1) is 14.7. The van der Waals surface area contributed by atoms with Gasteiger partial charge in [0, 0.05) is 17.8 Å². The number of hydrogen-bond donors (Lipinski definition) is 2. The Hall–Kier alpha value is -2.86. The van der Waals surface area contributed by atoms with Crippen molar-refractivity contribution in [2.45, 2.75) is 32.0 Å². The highest BCUT2D eigenvalue weighted by Gasteiger charge is 2.31. The Morgan fingerprint density at radius 1 is 1.45 bits per heavy atom. The van der Waals surface area contributed by atoms with E-state index in [1.165, 1.54) is 12.5 Å². The van der Waals surface area contributed by atoms with Gasteiger partial charge in [-0.1, -0.05) is 17.7 Å². The number of imidazole rings is 1. The van der Waals surface area contributed by atoms with Gasteiger partial charge in [-0.25, -0.2) is 4.98 Å². The molecule has 0 saturated heterocycles. The van der Waals surface area contributed by atoms with Gasteiger partial charge >= 0.3 is 0 Å². The zero-order chi connectivity index (χ0) is 22.6. The van der Waals surface area contributed by atoms with E-state index in [-0.39, 0.29) is 24.4 Å². The van der Waals surface area contributed by atoms with Crippen LogP contribution in [0.4, 0.5) is 0 Å². The fourth-order valence-electron chi connectivity index (χ4n) is 3.12. The van der Waals surface area contributed by atoms with Gasteiger partial charge in [0.15, 0.2) is 0 Å². The van der Waals surface area contributed by atoms with E-state index in [1.807, 2.05) is 19.1 Å². The van der Waals surface area contributed by atoms with Crippen molar-refractivity contribution in [2.24, 2.45) is 0 Å². The van der Waals surface area contributed by atoms with Crippen molar-refractivity contribution in [3.05, 3.63) is 59.3 Å². The van der Waals surface area contributed by atoms with Gasteiger partial charge in [0.2, 0.25) is 0 Å². The van der Waals surface area contributed by atoms with Gasteiger partial charge in [-0.05, 0) is 32.0 Å². The molecule has 10 heteroatoms. The Labute approximate surface area is 190 Å². The first-order valence-corrected chi connectivity index (χ1v) is 10.5. The van der Waals surface area contributed by atoms with Gasteiger partial charge in [-0.3, -0.25) is 9.48 Å². The molecule has 1 aromatic carbocycles. The molecule has 1 unspecified atom stereocenters. The van der Waals surface area contributed by atoms with Crippen LogP contribution < -0.4 is 0 Å². The SMILES string of the molecule is CC(Cn1ccc(-c2ccc(C#N)c(Cl)c2)n1)N(C[C@](C)(O)CCl)C(=O)c1cnc[nH]1. The summed E-state index contributed by atoms with van der Waals surface area (Å²) in [6.07, 6.45) is 4.67. The molecule has 1 amide bonds. The van der Waals surface area contributed by atoms with E-state index in [2.05, 4.69) is 15.1 Å². The maximum absolute atomic E-state index is 13.0. The number of amides is 1. The summed E-state index contributed by atoms with van der Waals surface area (Å²) in [6, 6.07) is 8.69. The lowest BCUT2D eigenvalue weighted by Crippen LogP contribution is -2.50. The molecule has 0 spiro atoms. The second-order valence-electron chi connectivity index (χ2n) is 7.61. The number of aromatic nitrogens is 4. The lowest BCUT2D eigenvalue weighted by atomic mass is 10.1. The number of aromatic amines is 1. The molecule has 0 aliphatic heterocycles. The van der Waals surface area contributed by atoms with Crippen LogP contribution in [0.1, 0.15) is 29.9 Å². The van der Waals surface area contributed by atoms with Crippen LogP contribution in [-0.2, 0) is 6.54 Å². The second kappa shape index (κ2) is 9.52. The number of aliphatic hydroxyl groups is 1. The van der Waals surface area contributed by atoms with Gasteiger partial charge in [0.1, 0.15) is 11.8 Å². The van der Waals surface area contributed by atoms with E-state index in [9.17, 15) is 9.90 Å². The third kappa shape index (κ3) is 5.44. The molecule has 0 saturated carbocycles. The number of hydrogen-bond acceptors (Lipinski definition) is 5. The number of nitriles is 1. The van der Waals surface area contributed by atoms with Gasteiger partial charge in [0.05, 0.1) is 53.4 Å². The molecule has 8 nitrogen and oxygen atoms in total. The largest absolute Gasteiger partial charge is 0.387 e. The van der Waals surface area contributed by atoms with Crippen LogP contribution in [0.5, 0.6) is 0 Å². The number of halogens is 2.